The van der Waals surface area contributed by atoms with Crippen molar-refractivity contribution >= 4 is 29.1 Å². The molecular weight excluding hydrogens is 497 g/mol. The molecule has 0 radical (unpaired) electrons. The smallest absolute Gasteiger partial charge is 0.298 e. The summed E-state index contributed by atoms with van der Waals surface area (Å²) in [5.41, 5.74) is 9.18. The highest BCUT2D eigenvalue weighted by Crippen LogP contribution is 2.40. The van der Waals surface area contributed by atoms with E-state index in [-0.39, 0.29) is 23.3 Å². The van der Waals surface area contributed by atoms with Crippen LogP contribution in [0.5, 0.6) is 0 Å². The average Bonchev–Trinajstić information content (AvgIpc) is 3.53. The van der Waals surface area contributed by atoms with Gasteiger partial charge in [-0.15, -0.1) is 0 Å². The minimum atomic E-state index is -0.695. The molecule has 1 unspecified atom stereocenters. The Hall–Kier alpha value is -4.78. The van der Waals surface area contributed by atoms with Crippen molar-refractivity contribution in [1.29, 1.82) is 0 Å². The summed E-state index contributed by atoms with van der Waals surface area (Å²) >= 11 is 0. The van der Waals surface area contributed by atoms with E-state index in [1.807, 2.05) is 12.1 Å². The molecule has 6 rings (SSSR count). The minimum Gasteiger partial charge on any atom is -0.369 e. The number of likely N-dealkylation sites (tertiary alicyclic amines) is 1. The van der Waals surface area contributed by atoms with Gasteiger partial charge in [0.15, 0.2) is 0 Å². The molecule has 2 amide bonds. The molecule has 0 bridgehead atoms. The molecule has 1 atom stereocenters. The number of benzene rings is 1. The molecule has 4 aromatic rings. The second kappa shape index (κ2) is 9.83. The second-order valence-corrected chi connectivity index (χ2v) is 9.85. The van der Waals surface area contributed by atoms with Crippen LogP contribution in [0, 0.1) is 17.7 Å². The highest BCUT2D eigenvalue weighted by atomic mass is 19.1. The van der Waals surface area contributed by atoms with Crippen LogP contribution in [0.3, 0.4) is 0 Å². The standard InChI is InChI=1S/C29H26FN7O2/c1-2-3-25(38)36-13-10-20(16-36)26-23-9-12-33-29(31)37(23)27(35-26)19-6-7-21(22(30)14-19)28(39)34-24-15-18(8-11-32-24)17-4-5-17/h6-9,11-12,14-15,17,20H,4-5,10,13,16H2,1H3,(H2,31,33)(H,32,34,39). The van der Waals surface area contributed by atoms with Crippen molar-refractivity contribution in [3.8, 4) is 23.2 Å². The van der Waals surface area contributed by atoms with E-state index in [1.165, 1.54) is 12.1 Å². The Labute approximate surface area is 224 Å². The Morgan fingerprint density at radius 1 is 1.08 bits per heavy atom. The average molecular weight is 524 g/mol. The van der Waals surface area contributed by atoms with Crippen molar-refractivity contribution in [3.05, 3.63) is 71.4 Å². The zero-order chi connectivity index (χ0) is 27.1. The van der Waals surface area contributed by atoms with Gasteiger partial charge in [-0.2, -0.15) is 0 Å². The molecule has 1 aliphatic carbocycles. The van der Waals surface area contributed by atoms with Gasteiger partial charge in [0.1, 0.15) is 17.5 Å². The molecule has 196 valence electrons. The second-order valence-electron chi connectivity index (χ2n) is 9.85. The lowest BCUT2D eigenvalue weighted by atomic mass is 10.0. The molecule has 1 saturated carbocycles. The monoisotopic (exact) mass is 523 g/mol. The van der Waals surface area contributed by atoms with Gasteiger partial charge in [-0.3, -0.25) is 14.0 Å². The Bertz CT molecular complexity index is 1680. The van der Waals surface area contributed by atoms with Crippen LogP contribution in [0.1, 0.15) is 59.6 Å². The topological polar surface area (TPSA) is 119 Å². The summed E-state index contributed by atoms with van der Waals surface area (Å²) in [6, 6.07) is 9.92. The van der Waals surface area contributed by atoms with Gasteiger partial charge in [0.2, 0.25) is 5.95 Å². The third-order valence-electron chi connectivity index (χ3n) is 7.25. The zero-order valence-electron chi connectivity index (χ0n) is 21.3. The number of hydrogen-bond donors (Lipinski definition) is 2. The molecule has 1 aliphatic heterocycles. The van der Waals surface area contributed by atoms with Gasteiger partial charge in [0.05, 0.1) is 16.8 Å². The van der Waals surface area contributed by atoms with Crippen LogP contribution in [0.2, 0.25) is 0 Å². The van der Waals surface area contributed by atoms with Crippen LogP contribution < -0.4 is 11.1 Å². The van der Waals surface area contributed by atoms with E-state index in [9.17, 15) is 9.59 Å². The number of amides is 2. The molecule has 1 aromatic carbocycles. The molecule has 2 fully saturated rings. The molecule has 10 heteroatoms. The summed E-state index contributed by atoms with van der Waals surface area (Å²) in [7, 11) is 0. The summed E-state index contributed by atoms with van der Waals surface area (Å²) in [6.07, 6.45) is 6.22. The van der Waals surface area contributed by atoms with E-state index in [0.29, 0.717) is 36.2 Å². The summed E-state index contributed by atoms with van der Waals surface area (Å²) in [4.78, 5) is 40.1. The van der Waals surface area contributed by atoms with Gasteiger partial charge >= 0.3 is 0 Å². The van der Waals surface area contributed by atoms with Gasteiger partial charge in [-0.05, 0) is 73.9 Å². The number of halogens is 1. The fourth-order valence-corrected chi connectivity index (χ4v) is 5.14. The van der Waals surface area contributed by atoms with Gasteiger partial charge in [0, 0.05) is 37.0 Å². The minimum absolute atomic E-state index is 0.0352. The number of rotatable bonds is 5. The molecule has 4 heterocycles. The number of fused-ring (bicyclic) bond motifs is 1. The van der Waals surface area contributed by atoms with Crippen molar-refractivity contribution < 1.29 is 14.0 Å². The Kier molecular flexibility index (Phi) is 6.19. The van der Waals surface area contributed by atoms with E-state index >= 15 is 4.39 Å². The molecule has 3 N–H and O–H groups in total. The number of imidazole rings is 1. The van der Waals surface area contributed by atoms with Gasteiger partial charge in [-0.25, -0.2) is 19.3 Å². The van der Waals surface area contributed by atoms with Gasteiger partial charge < -0.3 is 16.0 Å². The van der Waals surface area contributed by atoms with E-state index in [4.69, 9.17) is 10.7 Å². The van der Waals surface area contributed by atoms with Crippen LogP contribution in [-0.2, 0) is 4.79 Å². The quantitative estimate of drug-likeness (QED) is 0.382. The number of anilines is 2. The number of pyridine rings is 1. The van der Waals surface area contributed by atoms with Gasteiger partial charge in [0.25, 0.3) is 11.8 Å². The van der Waals surface area contributed by atoms with Crippen LogP contribution in [0.4, 0.5) is 16.2 Å². The van der Waals surface area contributed by atoms with E-state index < -0.39 is 11.7 Å². The van der Waals surface area contributed by atoms with Crippen molar-refractivity contribution in [2.75, 3.05) is 24.1 Å². The predicted octanol–water partition coefficient (Wildman–Crippen LogP) is 3.98. The van der Waals surface area contributed by atoms with Crippen molar-refractivity contribution in [3.63, 3.8) is 0 Å². The molecule has 1 saturated heterocycles. The summed E-state index contributed by atoms with van der Waals surface area (Å²) < 4.78 is 17.0. The van der Waals surface area contributed by atoms with Crippen molar-refractivity contribution in [2.24, 2.45) is 0 Å². The SMILES string of the molecule is CC#CC(=O)N1CCC(c2nc(-c3ccc(C(=O)Nc4cc(C5CC5)ccn4)c(F)c3)n3c(N)nccc23)C1. The molecule has 3 aromatic heterocycles. The number of nitrogens with one attached hydrogen (secondary N) is 1. The summed E-state index contributed by atoms with van der Waals surface area (Å²) in [6.45, 7) is 2.68. The first-order valence-electron chi connectivity index (χ1n) is 12.8. The molecule has 9 nitrogen and oxygen atoms in total. The Morgan fingerprint density at radius 2 is 1.90 bits per heavy atom. The van der Waals surface area contributed by atoms with Gasteiger partial charge in [-0.1, -0.05) is 12.0 Å². The molecule has 39 heavy (non-hydrogen) atoms. The number of aromatic nitrogens is 4. The molecular formula is C29H26FN7O2. The number of carbonyl (C=O) groups excluding carboxylic acids is 2. The summed E-state index contributed by atoms with van der Waals surface area (Å²) in [5.74, 6) is 5.22. The van der Waals surface area contributed by atoms with Crippen LogP contribution >= 0.6 is 0 Å². The number of nitrogen functional groups attached to an aromatic ring is 1. The predicted molar refractivity (Wildman–Crippen MR) is 144 cm³/mol. The molecule has 2 aliphatic rings. The normalized spacial score (nSPS) is 16.7. The number of nitrogens with zero attached hydrogens (tertiary/aromatic N) is 5. The van der Waals surface area contributed by atoms with Crippen molar-refractivity contribution in [2.45, 2.75) is 38.0 Å². The third-order valence-corrected chi connectivity index (χ3v) is 7.25. The lowest BCUT2D eigenvalue weighted by molar-refractivity contribution is -0.124. The lowest BCUT2D eigenvalue weighted by Gasteiger charge is -2.12. The lowest BCUT2D eigenvalue weighted by Crippen LogP contribution is -2.26. The third kappa shape index (κ3) is 4.68. The number of nitrogens with two attached hydrogens (primary N) is 1. The number of carbonyl (C=O) groups is 2. The fraction of sp³-hybridized carbons (Fsp3) is 0.276. The Morgan fingerprint density at radius 3 is 2.67 bits per heavy atom. The maximum atomic E-state index is 15.3. The van der Waals surface area contributed by atoms with Crippen LogP contribution in [0.15, 0.2) is 48.8 Å². The van der Waals surface area contributed by atoms with E-state index in [0.717, 1.165) is 36.0 Å². The summed E-state index contributed by atoms with van der Waals surface area (Å²) in [5, 5.41) is 2.70. The van der Waals surface area contributed by atoms with Crippen LogP contribution in [0.25, 0.3) is 16.9 Å². The highest BCUT2D eigenvalue weighted by Gasteiger charge is 2.31. The molecule has 0 spiro atoms. The fourth-order valence-electron chi connectivity index (χ4n) is 5.14. The highest BCUT2D eigenvalue weighted by molar-refractivity contribution is 6.04. The first-order valence-corrected chi connectivity index (χ1v) is 12.8. The zero-order valence-corrected chi connectivity index (χ0v) is 21.3. The first-order chi connectivity index (χ1) is 18.9. The van der Waals surface area contributed by atoms with E-state index in [2.05, 4.69) is 27.1 Å². The number of hydrogen-bond acceptors (Lipinski definition) is 6. The largest absolute Gasteiger partial charge is 0.369 e. The van der Waals surface area contributed by atoms with Crippen LogP contribution in [-0.4, -0.2) is 49.2 Å². The van der Waals surface area contributed by atoms with Crippen molar-refractivity contribution in [1.82, 2.24) is 24.3 Å². The first kappa shape index (κ1) is 24.6. The maximum Gasteiger partial charge on any atom is 0.298 e. The maximum absolute atomic E-state index is 15.3. The Balaban J connectivity index is 1.30. The van der Waals surface area contributed by atoms with E-state index in [1.54, 1.807) is 40.8 Å².